The first-order chi connectivity index (χ1) is 30.9. The van der Waals surface area contributed by atoms with Crippen molar-refractivity contribution in [3.8, 4) is 0 Å². The van der Waals surface area contributed by atoms with Crippen LogP contribution in [0, 0.1) is 34.5 Å². The third-order valence-corrected chi connectivity index (χ3v) is 13.9. The normalized spacial score (nSPS) is 31.3. The number of ketones is 3. The predicted octanol–water partition coefficient (Wildman–Crippen LogP) is 6.22. The van der Waals surface area contributed by atoms with E-state index in [0.29, 0.717) is 23.1 Å². The highest BCUT2D eigenvalue weighted by Crippen LogP contribution is 2.77. The van der Waals surface area contributed by atoms with Crippen molar-refractivity contribution < 1.29 is 63.0 Å². The van der Waals surface area contributed by atoms with Crippen LogP contribution >= 0.6 is 0 Å². The number of amides is 2. The number of urea groups is 1. The molecule has 1 aliphatic heterocycles. The Kier molecular flexibility index (Phi) is 17.1. The van der Waals surface area contributed by atoms with Crippen molar-refractivity contribution in [1.29, 1.82) is 0 Å². The Labute approximate surface area is 389 Å². The molecule has 11 atom stereocenters. The van der Waals surface area contributed by atoms with E-state index in [2.05, 4.69) is 10.6 Å². The van der Waals surface area contributed by atoms with Gasteiger partial charge in [0.1, 0.15) is 36.0 Å². The molecule has 1 saturated heterocycles. The van der Waals surface area contributed by atoms with E-state index < -0.39 is 94.1 Å². The molecule has 1 heterocycles. The Hall–Kier alpha value is -4.80. The molecule has 0 aromatic heterocycles. The van der Waals surface area contributed by atoms with E-state index in [4.69, 9.17) is 24.1 Å². The van der Waals surface area contributed by atoms with Crippen molar-refractivity contribution >= 4 is 35.3 Å². The first-order valence-corrected chi connectivity index (χ1v) is 22.8. The molecule has 2 bridgehead atoms. The summed E-state index contributed by atoms with van der Waals surface area (Å²) in [5.41, 5.74) is -5.17. The van der Waals surface area contributed by atoms with Gasteiger partial charge in [-0.1, -0.05) is 95.3 Å². The summed E-state index contributed by atoms with van der Waals surface area (Å²) in [5, 5.41) is 38.7. The number of ether oxygens (including phenoxy) is 4. The quantitative estimate of drug-likeness (QED) is 0.132. The lowest BCUT2D eigenvalue weighted by molar-refractivity contribution is -0.331. The van der Waals surface area contributed by atoms with Gasteiger partial charge in [-0.05, 0) is 70.9 Å². The third-order valence-electron chi connectivity index (χ3n) is 13.9. The van der Waals surface area contributed by atoms with E-state index in [1.54, 1.807) is 75.4 Å². The fourth-order valence-electron chi connectivity index (χ4n) is 11.1. The van der Waals surface area contributed by atoms with E-state index in [0.717, 1.165) is 7.11 Å². The summed E-state index contributed by atoms with van der Waals surface area (Å²) in [6.45, 7) is 20.3. The molecule has 7 rings (SSSR count). The first kappa shape index (κ1) is 53.8. The van der Waals surface area contributed by atoms with Crippen LogP contribution < -0.4 is 10.6 Å². The van der Waals surface area contributed by atoms with Crippen molar-refractivity contribution in [2.24, 2.45) is 34.5 Å². The fourth-order valence-corrected chi connectivity index (χ4v) is 11.1. The lowest BCUT2D eigenvalue weighted by atomic mass is 9.47. The van der Waals surface area contributed by atoms with Crippen molar-refractivity contribution in [2.45, 2.75) is 143 Å². The van der Waals surface area contributed by atoms with Gasteiger partial charge in [-0.3, -0.25) is 19.2 Å². The summed E-state index contributed by atoms with van der Waals surface area (Å²) >= 11 is 0. The van der Waals surface area contributed by atoms with Crippen LogP contribution in [0.3, 0.4) is 0 Å². The average Bonchev–Trinajstić information content (AvgIpc) is 3.84. The van der Waals surface area contributed by atoms with Gasteiger partial charge in [0, 0.05) is 54.2 Å². The standard InChI is InChI=1S/C45H56N2O11.C3H6O.C2H6.CH4O/c1-24-32(57-34(50)20-30(27-15-11-9-12-16-27)46-40(53)47-41(4,5)6)21-44(54)39(55-22-31(49)28-17-13-10-14-18-28)37-43(58-26(3)48)23-56-33(43)19-29-25(2)45(29,37)38(52)36(51)35(24)42(44,7)8;1-3(2)4;2*1-2/h9-18,25,29-30,33,35-37,39,51,54H,19-23H2,1-8H3,(H2,46,47,53);1-2H3;1-2H3;2H,1H3/t25-,29?,30+,33+,35?,36+,37?,39-,43-,44+,45?;;;/m0.../s1. The van der Waals surface area contributed by atoms with Crippen LogP contribution in [0.1, 0.15) is 124 Å². The van der Waals surface area contributed by atoms with Crippen molar-refractivity contribution in [1.82, 2.24) is 10.6 Å². The Morgan fingerprint density at radius 3 is 2.02 bits per heavy atom. The van der Waals surface area contributed by atoms with Crippen LogP contribution in [0.4, 0.5) is 4.79 Å². The Morgan fingerprint density at radius 2 is 1.50 bits per heavy atom. The lowest BCUT2D eigenvalue weighted by Gasteiger charge is -2.65. The van der Waals surface area contributed by atoms with Crippen molar-refractivity contribution in [3.63, 3.8) is 0 Å². The molecule has 66 heavy (non-hydrogen) atoms. The molecule has 0 radical (unpaired) electrons. The maximum atomic E-state index is 15.2. The van der Waals surface area contributed by atoms with Gasteiger partial charge < -0.3 is 49.7 Å². The summed E-state index contributed by atoms with van der Waals surface area (Å²) in [5.74, 6) is -4.67. The minimum absolute atomic E-state index is 0.0349. The Bertz CT molecular complexity index is 2110. The van der Waals surface area contributed by atoms with Crippen LogP contribution in [0.15, 0.2) is 72.0 Å². The summed E-state index contributed by atoms with van der Waals surface area (Å²) in [6, 6.07) is 16.2. The molecular formula is C51H72N2O13. The van der Waals surface area contributed by atoms with Gasteiger partial charge in [0.2, 0.25) is 0 Å². The van der Waals surface area contributed by atoms with Crippen LogP contribution in [0.25, 0.3) is 0 Å². The number of carbonyl (C=O) groups excluding carboxylic acids is 6. The Balaban J connectivity index is 0.00000111. The van der Waals surface area contributed by atoms with Gasteiger partial charge in [0.25, 0.3) is 0 Å². The Morgan fingerprint density at radius 1 is 0.939 bits per heavy atom. The van der Waals surface area contributed by atoms with Crippen molar-refractivity contribution in [3.05, 3.63) is 83.1 Å². The second kappa shape index (κ2) is 21.0. The predicted molar refractivity (Wildman–Crippen MR) is 246 cm³/mol. The van der Waals surface area contributed by atoms with Gasteiger partial charge in [-0.15, -0.1) is 0 Å². The molecule has 4 unspecified atom stereocenters. The van der Waals surface area contributed by atoms with Gasteiger partial charge in [0.15, 0.2) is 17.2 Å². The average molecular weight is 921 g/mol. The maximum absolute atomic E-state index is 15.2. The highest BCUT2D eigenvalue weighted by Gasteiger charge is 2.86. The second-order valence-electron chi connectivity index (χ2n) is 19.5. The summed E-state index contributed by atoms with van der Waals surface area (Å²) < 4.78 is 25.1. The number of nitrogens with one attached hydrogen (secondary N) is 2. The number of esters is 2. The SMILES string of the molecule is CC.CC(=O)O[C@@]12CO[C@@H]1CC1[C@H](C)C13C(=O)[C@H](O)C1C(C)=C(OC(=O)C[C@@H](NC(=O)NC(C)(C)C)c4ccccc4)C[C@@](O)([C@@H](OCC(=O)c4ccccc4)C32)C1(C)C.CC(C)=O.CO. The zero-order valence-electron chi connectivity index (χ0n) is 40.9. The molecular weight excluding hydrogens is 849 g/mol. The number of benzene rings is 2. The summed E-state index contributed by atoms with van der Waals surface area (Å²) in [4.78, 5) is 78.4. The zero-order chi connectivity index (χ0) is 49.7. The molecule has 1 spiro atoms. The highest BCUT2D eigenvalue weighted by atomic mass is 16.6. The number of aliphatic hydroxyl groups excluding tert-OH is 2. The molecule has 2 aromatic rings. The maximum Gasteiger partial charge on any atom is 0.315 e. The molecule has 3 saturated carbocycles. The van der Waals surface area contributed by atoms with E-state index in [1.807, 2.05) is 47.6 Å². The molecule has 4 aliphatic carbocycles. The van der Waals surface area contributed by atoms with E-state index in [1.165, 1.54) is 20.8 Å². The number of hydrogen-bond acceptors (Lipinski definition) is 13. The first-order valence-electron chi connectivity index (χ1n) is 22.8. The molecule has 15 heteroatoms. The van der Waals surface area contributed by atoms with E-state index in [-0.39, 0.29) is 48.6 Å². The van der Waals surface area contributed by atoms with Crippen LogP contribution in [-0.4, -0.2) is 106 Å². The smallest absolute Gasteiger partial charge is 0.315 e. The minimum atomic E-state index is -2.02. The van der Waals surface area contributed by atoms with Crippen molar-refractivity contribution in [2.75, 3.05) is 20.3 Å². The third kappa shape index (κ3) is 10.2. The summed E-state index contributed by atoms with van der Waals surface area (Å²) in [6.07, 6.45) is -3.83. The molecule has 2 aromatic carbocycles. The highest BCUT2D eigenvalue weighted by molar-refractivity contribution is 5.97. The number of Topliss-reactive ketones (excluding diaryl/α,β-unsaturated/α-hetero) is 3. The second-order valence-corrected chi connectivity index (χ2v) is 19.5. The zero-order valence-corrected chi connectivity index (χ0v) is 40.9. The molecule has 2 amide bonds. The summed E-state index contributed by atoms with van der Waals surface area (Å²) in [7, 11) is 1.00. The molecule has 15 nitrogen and oxygen atoms in total. The lowest BCUT2D eigenvalue weighted by Crippen LogP contribution is -2.78. The van der Waals surface area contributed by atoms with Crippen LogP contribution in [-0.2, 0) is 38.1 Å². The van der Waals surface area contributed by atoms with Crippen LogP contribution in [0.5, 0.6) is 0 Å². The number of aliphatic hydroxyl groups is 3. The molecule has 5 N–H and O–H groups in total. The van der Waals surface area contributed by atoms with Gasteiger partial charge >= 0.3 is 18.0 Å². The largest absolute Gasteiger partial charge is 0.454 e. The van der Waals surface area contributed by atoms with Gasteiger partial charge in [-0.25, -0.2) is 4.79 Å². The monoisotopic (exact) mass is 921 g/mol. The molecule has 5 aliphatic rings. The van der Waals surface area contributed by atoms with Crippen LogP contribution in [0.2, 0.25) is 0 Å². The topological polar surface area (TPSA) is 224 Å². The number of hydrogen-bond donors (Lipinski definition) is 5. The number of rotatable bonds is 10. The fraction of sp³-hybridized carbons (Fsp3) is 0.608. The molecule has 4 fully saturated rings. The van der Waals surface area contributed by atoms with E-state index in [9.17, 15) is 34.2 Å². The number of carbonyl (C=O) groups is 6. The number of fused-ring (bicyclic) bond motifs is 4. The van der Waals surface area contributed by atoms with Gasteiger partial charge in [0.05, 0.1) is 25.2 Å². The van der Waals surface area contributed by atoms with Gasteiger partial charge in [-0.2, -0.15) is 0 Å². The minimum Gasteiger partial charge on any atom is -0.454 e. The van der Waals surface area contributed by atoms with E-state index >= 15 is 4.79 Å². The molecule has 364 valence electrons.